The molecule has 6 heteroatoms. The van der Waals surface area contributed by atoms with Crippen LogP contribution in [0.5, 0.6) is 5.75 Å². The molecule has 38 heavy (non-hydrogen) atoms. The van der Waals surface area contributed by atoms with Gasteiger partial charge < -0.3 is 14.6 Å². The lowest BCUT2D eigenvalue weighted by Crippen LogP contribution is -2.25. The fourth-order valence-corrected chi connectivity index (χ4v) is 4.31. The van der Waals surface area contributed by atoms with Gasteiger partial charge in [-0.1, -0.05) is 42.5 Å². The van der Waals surface area contributed by atoms with E-state index in [1.54, 1.807) is 18.2 Å². The summed E-state index contributed by atoms with van der Waals surface area (Å²) in [6.45, 7) is 4.80. The zero-order valence-electron chi connectivity index (χ0n) is 21.6. The molecule has 1 N–H and O–H groups in total. The van der Waals surface area contributed by atoms with E-state index < -0.39 is 0 Å². The topological polar surface area (TPSA) is 67.0 Å². The van der Waals surface area contributed by atoms with Crippen LogP contribution < -0.4 is 10.1 Å². The predicted octanol–water partition coefficient (Wildman–Crippen LogP) is 6.47. The fraction of sp³-hybridized carbons (Fsp3) is 0.188. The third-order valence-electron chi connectivity index (χ3n) is 6.32. The van der Waals surface area contributed by atoms with Crippen LogP contribution in [0.25, 0.3) is 11.8 Å². The normalized spacial score (nSPS) is 11.2. The van der Waals surface area contributed by atoms with Crippen molar-refractivity contribution in [2.45, 2.75) is 33.3 Å². The lowest BCUT2D eigenvalue weighted by molar-refractivity contribution is -0.117. The van der Waals surface area contributed by atoms with Gasteiger partial charge in [-0.15, -0.1) is 0 Å². The number of aromatic nitrogens is 1. The van der Waals surface area contributed by atoms with E-state index in [1.165, 1.54) is 17.7 Å². The number of carbonyl (C=O) groups excluding carboxylic acids is 1. The van der Waals surface area contributed by atoms with E-state index in [1.807, 2.05) is 68.4 Å². The first-order valence-electron chi connectivity index (χ1n) is 12.5. The van der Waals surface area contributed by atoms with Crippen LogP contribution in [-0.2, 0) is 17.8 Å². The summed E-state index contributed by atoms with van der Waals surface area (Å²) >= 11 is 0. The van der Waals surface area contributed by atoms with E-state index in [-0.39, 0.29) is 17.3 Å². The van der Waals surface area contributed by atoms with Gasteiger partial charge in [-0.05, 0) is 91.9 Å². The summed E-state index contributed by atoms with van der Waals surface area (Å²) in [4.78, 5) is 12.6. The molecule has 1 heterocycles. The fourth-order valence-electron chi connectivity index (χ4n) is 4.31. The van der Waals surface area contributed by atoms with Gasteiger partial charge >= 0.3 is 0 Å². The number of carbonyl (C=O) groups is 1. The molecule has 0 unspecified atom stereocenters. The van der Waals surface area contributed by atoms with Crippen LogP contribution in [0, 0.1) is 31.0 Å². The molecular formula is C32H30FN3O2. The smallest absolute Gasteiger partial charge is 0.261 e. The lowest BCUT2D eigenvalue weighted by Gasteiger charge is -2.12. The largest absolute Gasteiger partial charge is 0.489 e. The number of aryl methyl sites for hydroxylation is 2. The van der Waals surface area contributed by atoms with Crippen LogP contribution in [0.15, 0.2) is 90.5 Å². The van der Waals surface area contributed by atoms with Crippen LogP contribution >= 0.6 is 0 Å². The Balaban J connectivity index is 1.39. The summed E-state index contributed by atoms with van der Waals surface area (Å²) in [5.41, 5.74) is 5.85. The Morgan fingerprint density at radius 1 is 1.00 bits per heavy atom. The number of hydrogen-bond donors (Lipinski definition) is 1. The standard InChI is InChI=1S/C32H30FN3O2/c1-23-19-27(20-28(21-34)32(37)35-18-6-9-25-7-4-3-5-8-25)24(2)36(23)30-14-16-31(17-15-30)38-22-26-10-12-29(33)13-11-26/h3-5,7-8,10-17,19-20H,6,9,18,22H2,1-2H3,(H,35,37)/b28-20-. The molecule has 3 aromatic carbocycles. The maximum Gasteiger partial charge on any atom is 0.261 e. The Hall–Kier alpha value is -4.63. The number of nitrogens with zero attached hydrogens (tertiary/aromatic N) is 2. The number of rotatable bonds is 10. The minimum Gasteiger partial charge on any atom is -0.489 e. The van der Waals surface area contributed by atoms with Crippen molar-refractivity contribution in [1.82, 2.24) is 9.88 Å². The summed E-state index contributed by atoms with van der Waals surface area (Å²) in [6.07, 6.45) is 3.31. The maximum atomic E-state index is 13.1. The molecule has 0 aliphatic heterocycles. The quantitative estimate of drug-likeness (QED) is 0.152. The highest BCUT2D eigenvalue weighted by Gasteiger charge is 2.14. The van der Waals surface area contributed by atoms with E-state index in [0.29, 0.717) is 18.9 Å². The van der Waals surface area contributed by atoms with Gasteiger partial charge in [0.15, 0.2) is 0 Å². The van der Waals surface area contributed by atoms with Gasteiger partial charge in [-0.3, -0.25) is 4.79 Å². The van der Waals surface area contributed by atoms with Crippen molar-refractivity contribution in [2.24, 2.45) is 0 Å². The van der Waals surface area contributed by atoms with Crippen molar-refractivity contribution in [3.63, 3.8) is 0 Å². The Labute approximate surface area is 222 Å². The average molecular weight is 508 g/mol. The predicted molar refractivity (Wildman–Crippen MR) is 147 cm³/mol. The highest BCUT2D eigenvalue weighted by molar-refractivity contribution is 6.01. The first kappa shape index (κ1) is 26.4. The minimum absolute atomic E-state index is 0.0782. The van der Waals surface area contributed by atoms with Crippen molar-refractivity contribution in [2.75, 3.05) is 6.54 Å². The molecule has 0 atom stereocenters. The second-order valence-corrected chi connectivity index (χ2v) is 9.09. The summed E-state index contributed by atoms with van der Waals surface area (Å²) in [7, 11) is 0. The average Bonchev–Trinajstić information content (AvgIpc) is 3.22. The molecule has 0 aliphatic carbocycles. The van der Waals surface area contributed by atoms with Crippen molar-refractivity contribution >= 4 is 12.0 Å². The summed E-state index contributed by atoms with van der Waals surface area (Å²) < 4.78 is 21.0. The van der Waals surface area contributed by atoms with Crippen LogP contribution in [0.1, 0.15) is 34.5 Å². The number of halogens is 1. The molecule has 5 nitrogen and oxygen atoms in total. The van der Waals surface area contributed by atoms with E-state index in [2.05, 4.69) is 22.0 Å². The Morgan fingerprint density at radius 2 is 1.71 bits per heavy atom. The second kappa shape index (κ2) is 12.6. The monoisotopic (exact) mass is 507 g/mol. The highest BCUT2D eigenvalue weighted by atomic mass is 19.1. The molecule has 0 fully saturated rings. The summed E-state index contributed by atoms with van der Waals surface area (Å²) in [6, 6.07) is 28.0. The summed E-state index contributed by atoms with van der Waals surface area (Å²) in [5.74, 6) is 0.0653. The van der Waals surface area contributed by atoms with Crippen molar-refractivity contribution in [3.8, 4) is 17.5 Å². The van der Waals surface area contributed by atoms with Gasteiger partial charge in [0.25, 0.3) is 5.91 Å². The van der Waals surface area contributed by atoms with E-state index in [9.17, 15) is 14.4 Å². The molecule has 1 aromatic heterocycles. The molecule has 0 spiro atoms. The third-order valence-corrected chi connectivity index (χ3v) is 6.32. The van der Waals surface area contributed by atoms with Crippen LogP contribution in [0.3, 0.4) is 0 Å². The first-order valence-corrected chi connectivity index (χ1v) is 12.5. The van der Waals surface area contributed by atoms with E-state index in [4.69, 9.17) is 4.74 Å². The molecule has 4 aromatic rings. The molecule has 0 aliphatic rings. The highest BCUT2D eigenvalue weighted by Crippen LogP contribution is 2.25. The van der Waals surface area contributed by atoms with Gasteiger partial charge in [0, 0.05) is 23.6 Å². The lowest BCUT2D eigenvalue weighted by atomic mass is 10.1. The molecule has 192 valence electrons. The van der Waals surface area contributed by atoms with Crippen molar-refractivity contribution in [3.05, 3.63) is 124 Å². The molecule has 4 rings (SSSR count). The van der Waals surface area contributed by atoms with Gasteiger partial charge in [0.2, 0.25) is 0 Å². The van der Waals surface area contributed by atoms with Gasteiger partial charge in [-0.25, -0.2) is 4.39 Å². The second-order valence-electron chi connectivity index (χ2n) is 9.09. The Kier molecular flexibility index (Phi) is 8.73. The van der Waals surface area contributed by atoms with E-state index in [0.717, 1.165) is 41.0 Å². The minimum atomic E-state index is -0.368. The molecule has 0 saturated carbocycles. The molecule has 1 amide bonds. The number of nitriles is 1. The molecule has 0 radical (unpaired) electrons. The third kappa shape index (κ3) is 6.77. The Bertz CT molecular complexity index is 1450. The number of nitrogens with one attached hydrogen (secondary N) is 1. The Morgan fingerprint density at radius 3 is 2.39 bits per heavy atom. The zero-order valence-corrected chi connectivity index (χ0v) is 21.6. The molecule has 0 bridgehead atoms. The van der Waals surface area contributed by atoms with Gasteiger partial charge in [0.05, 0.1) is 0 Å². The number of amides is 1. The number of benzene rings is 3. The van der Waals surface area contributed by atoms with Crippen molar-refractivity contribution < 1.29 is 13.9 Å². The van der Waals surface area contributed by atoms with Gasteiger partial charge in [-0.2, -0.15) is 5.26 Å². The van der Waals surface area contributed by atoms with Crippen LogP contribution in [0.2, 0.25) is 0 Å². The maximum absolute atomic E-state index is 13.1. The van der Waals surface area contributed by atoms with Crippen LogP contribution in [-0.4, -0.2) is 17.0 Å². The van der Waals surface area contributed by atoms with Crippen molar-refractivity contribution in [1.29, 1.82) is 5.26 Å². The number of hydrogen-bond acceptors (Lipinski definition) is 3. The number of ether oxygens (including phenoxy) is 1. The van der Waals surface area contributed by atoms with E-state index >= 15 is 0 Å². The summed E-state index contributed by atoms with van der Waals surface area (Å²) in [5, 5.41) is 12.5. The zero-order chi connectivity index (χ0) is 26.9. The molecular weight excluding hydrogens is 477 g/mol. The molecule has 0 saturated heterocycles. The van der Waals surface area contributed by atoms with Crippen LogP contribution in [0.4, 0.5) is 4.39 Å². The van der Waals surface area contributed by atoms with Gasteiger partial charge in [0.1, 0.15) is 29.8 Å². The first-order chi connectivity index (χ1) is 18.4. The SMILES string of the molecule is Cc1cc(/C=C(/C#N)C(=O)NCCCc2ccccc2)c(C)n1-c1ccc(OCc2ccc(F)cc2)cc1.